The first kappa shape index (κ1) is 18.9. The van der Waals surface area contributed by atoms with Crippen LogP contribution in [0.4, 0.5) is 9.18 Å². The number of nitrogens with one attached hydrogen (secondary N) is 2. The van der Waals surface area contributed by atoms with Gasteiger partial charge in [-0.15, -0.1) is 0 Å². The van der Waals surface area contributed by atoms with E-state index in [0.717, 1.165) is 17.0 Å². The topological polar surface area (TPSA) is 79.2 Å². The Morgan fingerprint density at radius 2 is 2.04 bits per heavy atom. The third-order valence-electron chi connectivity index (χ3n) is 4.35. The molecule has 3 N–H and O–H groups in total. The summed E-state index contributed by atoms with van der Waals surface area (Å²) in [5, 5.41) is 19.9. The highest BCUT2D eigenvalue weighted by atomic mass is 19.1. The Labute approximate surface area is 147 Å². The van der Waals surface area contributed by atoms with Crippen molar-refractivity contribution < 1.29 is 14.3 Å². The highest BCUT2D eigenvalue weighted by Crippen LogP contribution is 2.23. The number of benzene rings is 1. The highest BCUT2D eigenvalue weighted by molar-refractivity contribution is 5.74. The molecule has 7 heteroatoms. The molecule has 6 nitrogen and oxygen atoms in total. The molecule has 0 aliphatic rings. The minimum atomic E-state index is -1.10. The van der Waals surface area contributed by atoms with Gasteiger partial charge in [0.25, 0.3) is 0 Å². The number of urea groups is 1. The number of aryl methyl sites for hydroxylation is 2. The number of aliphatic hydroxyl groups excluding tert-OH is 1. The molecule has 0 aliphatic carbocycles. The SMILES string of the molecule is CC[C@@H](NC(=O)NC[C@H](O)c1ccccc1F)c1c(C)nn(C)c1C. The van der Waals surface area contributed by atoms with Crippen molar-refractivity contribution in [3.05, 3.63) is 52.6 Å². The van der Waals surface area contributed by atoms with Gasteiger partial charge in [0.15, 0.2) is 0 Å². The molecule has 2 amide bonds. The number of hydrogen-bond acceptors (Lipinski definition) is 3. The lowest BCUT2D eigenvalue weighted by Crippen LogP contribution is -2.40. The van der Waals surface area contributed by atoms with Gasteiger partial charge in [0.2, 0.25) is 0 Å². The fourth-order valence-electron chi connectivity index (χ4n) is 2.93. The van der Waals surface area contributed by atoms with Gasteiger partial charge in [0.05, 0.1) is 17.8 Å². The van der Waals surface area contributed by atoms with Crippen molar-refractivity contribution in [2.75, 3.05) is 6.54 Å². The van der Waals surface area contributed by atoms with Crippen molar-refractivity contribution in [1.29, 1.82) is 0 Å². The number of carbonyl (C=O) groups excluding carboxylic acids is 1. The largest absolute Gasteiger partial charge is 0.386 e. The molecule has 0 spiro atoms. The third-order valence-corrected chi connectivity index (χ3v) is 4.35. The third kappa shape index (κ3) is 4.36. The number of aromatic nitrogens is 2. The second-order valence-corrected chi connectivity index (χ2v) is 6.06. The molecule has 1 aromatic heterocycles. The molecule has 0 unspecified atom stereocenters. The van der Waals surface area contributed by atoms with Crippen LogP contribution in [0.2, 0.25) is 0 Å². The molecular weight excluding hydrogens is 323 g/mol. The van der Waals surface area contributed by atoms with E-state index < -0.39 is 18.0 Å². The van der Waals surface area contributed by atoms with E-state index in [1.807, 2.05) is 27.8 Å². The molecule has 0 aliphatic heterocycles. The number of nitrogens with zero attached hydrogens (tertiary/aromatic N) is 2. The van der Waals surface area contributed by atoms with Crippen LogP contribution in [0.1, 0.15) is 48.0 Å². The van der Waals surface area contributed by atoms with Crippen molar-refractivity contribution in [2.45, 2.75) is 39.3 Å². The Morgan fingerprint density at radius 3 is 2.60 bits per heavy atom. The Morgan fingerprint density at radius 1 is 1.36 bits per heavy atom. The Kier molecular flexibility index (Phi) is 6.14. The summed E-state index contributed by atoms with van der Waals surface area (Å²) in [7, 11) is 1.86. The molecule has 0 saturated heterocycles. The predicted octanol–water partition coefficient (Wildman–Crippen LogP) is 2.66. The van der Waals surface area contributed by atoms with Crippen LogP contribution >= 0.6 is 0 Å². The fraction of sp³-hybridized carbons (Fsp3) is 0.444. The summed E-state index contributed by atoms with van der Waals surface area (Å²) >= 11 is 0. The quantitative estimate of drug-likeness (QED) is 0.751. The molecule has 2 atom stereocenters. The van der Waals surface area contributed by atoms with Crippen molar-refractivity contribution >= 4 is 6.03 Å². The number of amides is 2. The van der Waals surface area contributed by atoms with Crippen LogP contribution in [0.25, 0.3) is 0 Å². The maximum atomic E-state index is 13.6. The normalized spacial score (nSPS) is 13.4. The van der Waals surface area contributed by atoms with Crippen LogP contribution in [0.3, 0.4) is 0 Å². The molecule has 2 aromatic rings. The minimum Gasteiger partial charge on any atom is -0.386 e. The summed E-state index contributed by atoms with van der Waals surface area (Å²) in [5.41, 5.74) is 3.03. The van der Waals surface area contributed by atoms with Crippen molar-refractivity contribution in [3.8, 4) is 0 Å². The van der Waals surface area contributed by atoms with E-state index in [1.54, 1.807) is 16.8 Å². The summed E-state index contributed by atoms with van der Waals surface area (Å²) < 4.78 is 15.4. The maximum absolute atomic E-state index is 13.6. The number of rotatable bonds is 6. The molecule has 0 bridgehead atoms. The Balaban J connectivity index is 1.98. The summed E-state index contributed by atoms with van der Waals surface area (Å²) in [4.78, 5) is 12.2. The van der Waals surface area contributed by atoms with Crippen LogP contribution in [0, 0.1) is 19.7 Å². The molecule has 0 fully saturated rings. The van der Waals surface area contributed by atoms with E-state index in [-0.39, 0.29) is 18.2 Å². The van der Waals surface area contributed by atoms with Crippen molar-refractivity contribution in [1.82, 2.24) is 20.4 Å². The number of aliphatic hydroxyl groups is 1. The lowest BCUT2D eigenvalue weighted by molar-refractivity contribution is 0.168. The zero-order valence-corrected chi connectivity index (χ0v) is 15.0. The minimum absolute atomic E-state index is 0.0752. The average molecular weight is 348 g/mol. The van der Waals surface area contributed by atoms with E-state index in [1.165, 1.54) is 12.1 Å². The van der Waals surface area contributed by atoms with Crippen molar-refractivity contribution in [3.63, 3.8) is 0 Å². The molecule has 0 saturated carbocycles. The molecule has 25 heavy (non-hydrogen) atoms. The standard InChI is InChI=1S/C18H25FN4O2/c1-5-15(17-11(2)22-23(4)12(17)3)21-18(25)20-10-16(24)13-8-6-7-9-14(13)19/h6-9,15-16,24H,5,10H2,1-4H3,(H2,20,21,25)/t15-,16+/m1/s1. The van der Waals surface area contributed by atoms with Crippen LogP contribution < -0.4 is 10.6 Å². The number of halogens is 1. The van der Waals surface area contributed by atoms with Gasteiger partial charge in [-0.2, -0.15) is 5.10 Å². The second-order valence-electron chi connectivity index (χ2n) is 6.06. The van der Waals surface area contributed by atoms with Crippen molar-refractivity contribution in [2.24, 2.45) is 7.05 Å². The summed E-state index contributed by atoms with van der Waals surface area (Å²) in [6, 6.07) is 5.37. The van der Waals surface area contributed by atoms with E-state index >= 15 is 0 Å². The average Bonchev–Trinajstić information content (AvgIpc) is 2.83. The smallest absolute Gasteiger partial charge is 0.315 e. The summed E-state index contributed by atoms with van der Waals surface area (Å²) in [6.45, 7) is 5.77. The fourth-order valence-corrected chi connectivity index (χ4v) is 2.93. The van der Waals surface area contributed by atoms with Gasteiger partial charge in [-0.05, 0) is 26.3 Å². The van der Waals surface area contributed by atoms with Crippen LogP contribution in [0.5, 0.6) is 0 Å². The summed E-state index contributed by atoms with van der Waals surface area (Å²) in [6.07, 6.45) is -0.398. The number of carbonyl (C=O) groups is 1. The van der Waals surface area contributed by atoms with Gasteiger partial charge in [-0.1, -0.05) is 25.1 Å². The predicted molar refractivity (Wildman–Crippen MR) is 93.6 cm³/mol. The van der Waals surface area contributed by atoms with Gasteiger partial charge < -0.3 is 15.7 Å². The van der Waals surface area contributed by atoms with Gasteiger partial charge in [-0.25, -0.2) is 9.18 Å². The van der Waals surface area contributed by atoms with E-state index in [4.69, 9.17) is 0 Å². The van der Waals surface area contributed by atoms with E-state index in [2.05, 4.69) is 15.7 Å². The monoisotopic (exact) mass is 348 g/mol. The highest BCUT2D eigenvalue weighted by Gasteiger charge is 2.21. The molecular formula is C18H25FN4O2. The molecule has 1 aromatic carbocycles. The van der Waals surface area contributed by atoms with Gasteiger partial charge in [0, 0.05) is 30.4 Å². The first-order valence-corrected chi connectivity index (χ1v) is 8.32. The Hall–Kier alpha value is -2.41. The molecule has 1 heterocycles. The van der Waals surface area contributed by atoms with E-state index in [0.29, 0.717) is 6.42 Å². The molecule has 0 radical (unpaired) electrons. The van der Waals surface area contributed by atoms with Gasteiger partial charge in [0.1, 0.15) is 5.82 Å². The molecule has 2 rings (SSSR count). The lowest BCUT2D eigenvalue weighted by Gasteiger charge is -2.19. The zero-order valence-electron chi connectivity index (χ0n) is 15.0. The van der Waals surface area contributed by atoms with Crippen LogP contribution in [-0.4, -0.2) is 27.5 Å². The Bertz CT molecular complexity index is 745. The van der Waals surface area contributed by atoms with Gasteiger partial charge >= 0.3 is 6.03 Å². The second kappa shape index (κ2) is 8.11. The summed E-state index contributed by atoms with van der Waals surface area (Å²) in [5.74, 6) is -0.495. The van der Waals surface area contributed by atoms with E-state index in [9.17, 15) is 14.3 Å². The lowest BCUT2D eigenvalue weighted by atomic mass is 10.0. The number of hydrogen-bond donors (Lipinski definition) is 3. The molecule has 136 valence electrons. The maximum Gasteiger partial charge on any atom is 0.315 e. The van der Waals surface area contributed by atoms with Crippen LogP contribution in [0.15, 0.2) is 24.3 Å². The zero-order chi connectivity index (χ0) is 18.6. The first-order chi connectivity index (χ1) is 11.8. The van der Waals surface area contributed by atoms with Crippen LogP contribution in [-0.2, 0) is 7.05 Å². The van der Waals surface area contributed by atoms with Gasteiger partial charge in [-0.3, -0.25) is 4.68 Å². The first-order valence-electron chi connectivity index (χ1n) is 8.32.